The molecule has 5 heteroatoms. The zero-order valence-corrected chi connectivity index (χ0v) is 14.5. The van der Waals surface area contributed by atoms with Crippen LogP contribution in [0.5, 0.6) is 0 Å². The van der Waals surface area contributed by atoms with Gasteiger partial charge >= 0.3 is 0 Å². The van der Waals surface area contributed by atoms with Crippen LogP contribution in [0.2, 0.25) is 0 Å². The molecule has 3 rings (SSSR count). The Labute approximate surface area is 147 Å². The molecule has 2 aromatic carbocycles. The zero-order chi connectivity index (χ0) is 17.8. The minimum atomic E-state index is -0.248. The second kappa shape index (κ2) is 7.13. The maximum Gasteiger partial charge on any atom is 0.274 e. The number of aromatic nitrogens is 2. The number of nitrogens with zero attached hydrogens (tertiary/aromatic N) is 3. The first-order chi connectivity index (χ1) is 12.0. The molecule has 0 saturated heterocycles. The molecule has 25 heavy (non-hydrogen) atoms. The van der Waals surface area contributed by atoms with E-state index in [1.165, 1.54) is 0 Å². The van der Waals surface area contributed by atoms with Crippen LogP contribution in [-0.2, 0) is 0 Å². The summed E-state index contributed by atoms with van der Waals surface area (Å²) in [5.41, 5.74) is 3.82. The molecule has 1 N–H and O–H groups in total. The van der Waals surface area contributed by atoms with Gasteiger partial charge in [-0.3, -0.25) is 4.79 Å². The summed E-state index contributed by atoms with van der Waals surface area (Å²) in [7, 11) is 1.88. The Balaban J connectivity index is 1.89. The van der Waals surface area contributed by atoms with Gasteiger partial charge in [0.1, 0.15) is 5.69 Å². The van der Waals surface area contributed by atoms with E-state index in [1.54, 1.807) is 6.07 Å². The highest BCUT2D eigenvalue weighted by atomic mass is 16.1. The lowest BCUT2D eigenvalue weighted by molar-refractivity contribution is 0.102. The van der Waals surface area contributed by atoms with Crippen molar-refractivity contribution in [2.45, 2.75) is 13.8 Å². The van der Waals surface area contributed by atoms with Crippen molar-refractivity contribution >= 4 is 23.2 Å². The van der Waals surface area contributed by atoms with Gasteiger partial charge in [-0.05, 0) is 43.7 Å². The van der Waals surface area contributed by atoms with E-state index in [-0.39, 0.29) is 5.91 Å². The summed E-state index contributed by atoms with van der Waals surface area (Å²) < 4.78 is 0. The molecule has 0 unspecified atom stereocenters. The molecule has 1 amide bonds. The molecule has 0 atom stereocenters. The van der Waals surface area contributed by atoms with Gasteiger partial charge in [0.05, 0.1) is 0 Å². The molecular formula is C20H20N4O. The molecule has 0 spiro atoms. The summed E-state index contributed by atoms with van der Waals surface area (Å²) in [6.07, 6.45) is 0. The quantitative estimate of drug-likeness (QED) is 0.781. The molecule has 5 nitrogen and oxygen atoms in total. The molecule has 0 aliphatic rings. The Morgan fingerprint density at radius 3 is 2.36 bits per heavy atom. The molecule has 0 radical (unpaired) electrons. The van der Waals surface area contributed by atoms with E-state index in [0.29, 0.717) is 11.6 Å². The topological polar surface area (TPSA) is 58.1 Å². The second-order valence-corrected chi connectivity index (χ2v) is 5.86. The van der Waals surface area contributed by atoms with Crippen LogP contribution in [-0.4, -0.2) is 22.9 Å². The molecule has 0 saturated carbocycles. The van der Waals surface area contributed by atoms with Gasteiger partial charge in [0.25, 0.3) is 5.91 Å². The van der Waals surface area contributed by atoms with Crippen molar-refractivity contribution in [3.8, 4) is 0 Å². The minimum absolute atomic E-state index is 0.248. The number of anilines is 3. The number of carbonyl (C=O) groups excluding carboxylic acids is 1. The first kappa shape index (κ1) is 16.6. The Morgan fingerprint density at radius 2 is 1.64 bits per heavy atom. The number of para-hydroxylation sites is 2. The van der Waals surface area contributed by atoms with Crippen LogP contribution >= 0.6 is 0 Å². The molecule has 1 heterocycles. The van der Waals surface area contributed by atoms with Gasteiger partial charge < -0.3 is 10.2 Å². The summed E-state index contributed by atoms with van der Waals surface area (Å²) >= 11 is 0. The van der Waals surface area contributed by atoms with Crippen molar-refractivity contribution in [3.63, 3.8) is 0 Å². The third-order valence-electron chi connectivity index (χ3n) is 3.91. The van der Waals surface area contributed by atoms with Crippen LogP contribution in [0.3, 0.4) is 0 Å². The number of benzene rings is 2. The number of carbonyl (C=O) groups is 1. The standard InChI is InChI=1S/C20H20N4O/c1-14-9-7-8-12-17(14)22-19(25)18-13-15(2)21-20(23-18)24(3)16-10-5-4-6-11-16/h4-13H,1-3H3,(H,22,25). The largest absolute Gasteiger partial charge is 0.320 e. The van der Waals surface area contributed by atoms with Gasteiger partial charge in [-0.1, -0.05) is 36.4 Å². The Bertz CT molecular complexity index is 893. The van der Waals surface area contributed by atoms with Crippen LogP contribution in [0.25, 0.3) is 0 Å². The average molecular weight is 332 g/mol. The fraction of sp³-hybridized carbons (Fsp3) is 0.150. The summed E-state index contributed by atoms with van der Waals surface area (Å²) in [4.78, 5) is 23.4. The van der Waals surface area contributed by atoms with Crippen molar-refractivity contribution in [3.05, 3.63) is 77.6 Å². The van der Waals surface area contributed by atoms with Crippen molar-refractivity contribution in [2.24, 2.45) is 0 Å². The average Bonchev–Trinajstić information content (AvgIpc) is 2.63. The fourth-order valence-electron chi connectivity index (χ4n) is 2.49. The van der Waals surface area contributed by atoms with Crippen LogP contribution in [0.4, 0.5) is 17.3 Å². The van der Waals surface area contributed by atoms with Crippen molar-refractivity contribution in [1.29, 1.82) is 0 Å². The summed E-state index contributed by atoms with van der Waals surface area (Å²) in [5, 5.41) is 2.91. The molecular weight excluding hydrogens is 312 g/mol. The molecule has 1 aromatic heterocycles. The highest BCUT2D eigenvalue weighted by Crippen LogP contribution is 2.21. The van der Waals surface area contributed by atoms with Crippen LogP contribution < -0.4 is 10.2 Å². The third-order valence-corrected chi connectivity index (χ3v) is 3.91. The summed E-state index contributed by atoms with van der Waals surface area (Å²) in [5.74, 6) is 0.239. The maximum absolute atomic E-state index is 12.6. The lowest BCUT2D eigenvalue weighted by atomic mass is 10.2. The van der Waals surface area contributed by atoms with Crippen molar-refractivity contribution in [2.75, 3.05) is 17.3 Å². The minimum Gasteiger partial charge on any atom is -0.320 e. The van der Waals surface area contributed by atoms with Crippen LogP contribution in [0, 0.1) is 13.8 Å². The highest BCUT2D eigenvalue weighted by molar-refractivity contribution is 6.03. The van der Waals surface area contributed by atoms with E-state index in [1.807, 2.05) is 80.4 Å². The number of aryl methyl sites for hydroxylation is 2. The second-order valence-electron chi connectivity index (χ2n) is 5.86. The number of rotatable bonds is 4. The molecule has 0 aliphatic heterocycles. The molecule has 0 aliphatic carbocycles. The van der Waals surface area contributed by atoms with Gasteiger partial charge in [0, 0.05) is 24.1 Å². The lowest BCUT2D eigenvalue weighted by Crippen LogP contribution is -2.19. The monoisotopic (exact) mass is 332 g/mol. The predicted molar refractivity (Wildman–Crippen MR) is 100 cm³/mol. The third kappa shape index (κ3) is 3.83. The summed E-state index contributed by atoms with van der Waals surface area (Å²) in [6.45, 7) is 3.81. The first-order valence-corrected chi connectivity index (χ1v) is 8.06. The predicted octanol–water partition coefficient (Wildman–Crippen LogP) is 4.11. The number of amides is 1. The van der Waals surface area contributed by atoms with Gasteiger partial charge in [-0.2, -0.15) is 0 Å². The van der Waals surface area contributed by atoms with E-state index in [0.717, 1.165) is 22.6 Å². The smallest absolute Gasteiger partial charge is 0.274 e. The Morgan fingerprint density at radius 1 is 0.960 bits per heavy atom. The first-order valence-electron chi connectivity index (χ1n) is 8.06. The Kier molecular flexibility index (Phi) is 4.75. The van der Waals surface area contributed by atoms with Gasteiger partial charge in [0.15, 0.2) is 0 Å². The van der Waals surface area contributed by atoms with E-state index in [4.69, 9.17) is 0 Å². The number of hydrogen-bond donors (Lipinski definition) is 1. The normalized spacial score (nSPS) is 10.4. The summed E-state index contributed by atoms with van der Waals surface area (Å²) in [6, 6.07) is 19.1. The molecule has 126 valence electrons. The number of hydrogen-bond acceptors (Lipinski definition) is 4. The Hall–Kier alpha value is -3.21. The number of nitrogens with one attached hydrogen (secondary N) is 1. The molecule has 0 fully saturated rings. The molecule has 3 aromatic rings. The fourth-order valence-corrected chi connectivity index (χ4v) is 2.49. The van der Waals surface area contributed by atoms with Gasteiger partial charge in [0.2, 0.25) is 5.95 Å². The van der Waals surface area contributed by atoms with E-state index < -0.39 is 0 Å². The van der Waals surface area contributed by atoms with E-state index >= 15 is 0 Å². The highest BCUT2D eigenvalue weighted by Gasteiger charge is 2.14. The van der Waals surface area contributed by atoms with Gasteiger partial charge in [-0.25, -0.2) is 9.97 Å². The van der Waals surface area contributed by atoms with E-state index in [9.17, 15) is 4.79 Å². The van der Waals surface area contributed by atoms with Crippen molar-refractivity contribution in [1.82, 2.24) is 9.97 Å². The van der Waals surface area contributed by atoms with Crippen LogP contribution in [0.1, 0.15) is 21.7 Å². The van der Waals surface area contributed by atoms with Crippen molar-refractivity contribution < 1.29 is 4.79 Å². The van der Waals surface area contributed by atoms with Gasteiger partial charge in [-0.15, -0.1) is 0 Å². The SMILES string of the molecule is Cc1cc(C(=O)Nc2ccccc2C)nc(N(C)c2ccccc2)n1. The van der Waals surface area contributed by atoms with Crippen LogP contribution in [0.15, 0.2) is 60.7 Å². The maximum atomic E-state index is 12.6. The van der Waals surface area contributed by atoms with E-state index in [2.05, 4.69) is 15.3 Å². The molecule has 0 bridgehead atoms. The lowest BCUT2D eigenvalue weighted by Gasteiger charge is -2.18. The zero-order valence-electron chi connectivity index (χ0n) is 14.5.